The smallest absolute Gasteiger partial charge is 0.260 e. The summed E-state index contributed by atoms with van der Waals surface area (Å²) >= 11 is 0. The number of fused-ring (bicyclic) bond motifs is 4. The molecule has 10 heteroatoms. The molecule has 0 aromatic heterocycles. The molecule has 45 heavy (non-hydrogen) atoms. The number of ether oxygens (including phenoxy) is 4. The van der Waals surface area contributed by atoms with Crippen molar-refractivity contribution < 1.29 is 28.5 Å². The largest absolute Gasteiger partial charge is 0.493 e. The normalized spacial score (nSPS) is 21.7. The fourth-order valence-corrected chi connectivity index (χ4v) is 6.63. The maximum Gasteiger partial charge on any atom is 0.260 e. The van der Waals surface area contributed by atoms with E-state index in [9.17, 15) is 9.59 Å². The van der Waals surface area contributed by atoms with Crippen molar-refractivity contribution in [3.8, 4) is 23.0 Å². The SMILES string of the molecule is COc1cc2c(cc1OCCCCCOc1cc3c(cc1OC)C(=O)N1C=C(C)C[C@H]1C(C)N3C)N=C[C@@H]1CC(C)=CN1C2=O. The second kappa shape index (κ2) is 12.5. The number of hydrogen-bond acceptors (Lipinski definition) is 8. The first-order valence-electron chi connectivity index (χ1n) is 15.7. The third-order valence-corrected chi connectivity index (χ3v) is 9.23. The molecule has 2 amide bonds. The van der Waals surface area contributed by atoms with Crippen LogP contribution in [0.4, 0.5) is 11.4 Å². The van der Waals surface area contributed by atoms with Crippen LogP contribution in [0.25, 0.3) is 0 Å². The van der Waals surface area contributed by atoms with Gasteiger partial charge in [-0.15, -0.1) is 0 Å². The van der Waals surface area contributed by atoms with Gasteiger partial charge in [0.05, 0.1) is 62.0 Å². The fraction of sp³-hybridized carbons (Fsp3) is 0.457. The summed E-state index contributed by atoms with van der Waals surface area (Å²) in [5.41, 5.74) is 4.94. The zero-order chi connectivity index (χ0) is 31.8. The first-order chi connectivity index (χ1) is 21.7. The number of anilines is 1. The van der Waals surface area contributed by atoms with Crippen LogP contribution in [0.3, 0.4) is 0 Å². The summed E-state index contributed by atoms with van der Waals surface area (Å²) in [6.07, 6.45) is 9.90. The summed E-state index contributed by atoms with van der Waals surface area (Å²) in [6.45, 7) is 7.25. The van der Waals surface area contributed by atoms with E-state index in [0.29, 0.717) is 53.0 Å². The second-order valence-electron chi connectivity index (χ2n) is 12.3. The highest BCUT2D eigenvalue weighted by Crippen LogP contribution is 2.42. The minimum atomic E-state index is -0.0827. The number of rotatable bonds is 10. The lowest BCUT2D eigenvalue weighted by Gasteiger charge is -2.32. The van der Waals surface area contributed by atoms with Crippen LogP contribution in [0, 0.1) is 0 Å². The number of aliphatic imine (C=N–C) groups is 1. The van der Waals surface area contributed by atoms with E-state index in [0.717, 1.165) is 43.4 Å². The zero-order valence-electron chi connectivity index (χ0n) is 27.0. The van der Waals surface area contributed by atoms with Crippen molar-refractivity contribution in [3.63, 3.8) is 0 Å². The van der Waals surface area contributed by atoms with Gasteiger partial charge in [0.2, 0.25) is 0 Å². The van der Waals surface area contributed by atoms with Crippen LogP contribution in [0.15, 0.2) is 52.8 Å². The van der Waals surface area contributed by atoms with Gasteiger partial charge in [-0.3, -0.25) is 14.6 Å². The molecule has 1 unspecified atom stereocenters. The molecule has 2 aromatic rings. The summed E-state index contributed by atoms with van der Waals surface area (Å²) < 4.78 is 23.5. The van der Waals surface area contributed by atoms with E-state index >= 15 is 0 Å². The number of carbonyl (C=O) groups is 2. The summed E-state index contributed by atoms with van der Waals surface area (Å²) in [7, 11) is 5.21. The molecule has 0 saturated carbocycles. The van der Waals surface area contributed by atoms with Crippen LogP contribution in [0.5, 0.6) is 23.0 Å². The molecule has 0 radical (unpaired) electrons. The lowest BCUT2D eigenvalue weighted by molar-refractivity contribution is 0.0779. The van der Waals surface area contributed by atoms with Crippen LogP contribution in [-0.4, -0.2) is 80.4 Å². The van der Waals surface area contributed by atoms with Crippen LogP contribution >= 0.6 is 0 Å². The summed E-state index contributed by atoms with van der Waals surface area (Å²) in [5.74, 6) is 2.17. The maximum atomic E-state index is 13.5. The first-order valence-corrected chi connectivity index (χ1v) is 15.7. The molecule has 0 aliphatic carbocycles. The quantitative estimate of drug-likeness (QED) is 0.298. The molecular formula is C35H42N4O6. The summed E-state index contributed by atoms with van der Waals surface area (Å²) in [5, 5.41) is 0. The molecule has 238 valence electrons. The molecule has 4 aliphatic rings. The van der Waals surface area contributed by atoms with E-state index in [4.69, 9.17) is 18.9 Å². The van der Waals surface area contributed by atoms with Crippen molar-refractivity contribution in [1.82, 2.24) is 9.80 Å². The molecule has 3 atom stereocenters. The topological polar surface area (TPSA) is 93.1 Å². The third kappa shape index (κ3) is 5.74. The summed E-state index contributed by atoms with van der Waals surface area (Å²) in [6, 6.07) is 7.45. The minimum absolute atomic E-state index is 0.00927. The van der Waals surface area contributed by atoms with Crippen molar-refractivity contribution in [3.05, 3.63) is 58.9 Å². The molecule has 2 aromatic carbocycles. The van der Waals surface area contributed by atoms with Crippen molar-refractivity contribution in [2.45, 2.75) is 71.0 Å². The zero-order valence-corrected chi connectivity index (χ0v) is 27.0. The molecule has 0 saturated heterocycles. The average molecular weight is 615 g/mol. The Morgan fingerprint density at radius 2 is 1.38 bits per heavy atom. The molecule has 0 fully saturated rings. The predicted molar refractivity (Wildman–Crippen MR) is 174 cm³/mol. The standard InChI is InChI=1S/C35H42N4O6/c1-21-12-24-18-36-27-16-32(30(42-5)14-25(27)34(40)38(24)19-21)44-10-8-7-9-11-45-33-17-29-26(15-31(33)43-6)35(41)39-20-22(2)13-28(39)23(3)37(29)4/h14-20,23-24,28H,7-13H2,1-6H3/t23?,24-,28-/m0/s1. The summed E-state index contributed by atoms with van der Waals surface area (Å²) in [4.78, 5) is 37.1. The van der Waals surface area contributed by atoms with Crippen LogP contribution in [0.1, 0.15) is 73.6 Å². The highest BCUT2D eigenvalue weighted by molar-refractivity contribution is 6.04. The molecule has 0 bridgehead atoms. The Morgan fingerprint density at radius 1 is 0.778 bits per heavy atom. The highest BCUT2D eigenvalue weighted by Gasteiger charge is 2.40. The van der Waals surface area contributed by atoms with E-state index in [1.54, 1.807) is 37.3 Å². The Balaban J connectivity index is 1.04. The predicted octanol–water partition coefficient (Wildman–Crippen LogP) is 6.12. The highest BCUT2D eigenvalue weighted by atomic mass is 16.5. The third-order valence-electron chi connectivity index (χ3n) is 9.23. The number of hydrogen-bond donors (Lipinski definition) is 0. The maximum absolute atomic E-state index is 13.5. The Morgan fingerprint density at radius 3 is 2.07 bits per heavy atom. The van der Waals surface area contributed by atoms with Gasteiger partial charge in [-0.25, -0.2) is 0 Å². The number of methoxy groups -OCH3 is 2. The minimum Gasteiger partial charge on any atom is -0.493 e. The molecule has 10 nitrogen and oxygen atoms in total. The van der Waals surface area contributed by atoms with Gasteiger partial charge in [0.1, 0.15) is 0 Å². The van der Waals surface area contributed by atoms with Crippen LogP contribution in [0.2, 0.25) is 0 Å². The van der Waals surface area contributed by atoms with Gasteiger partial charge in [-0.1, -0.05) is 11.1 Å². The van der Waals surface area contributed by atoms with Gasteiger partial charge in [0.15, 0.2) is 23.0 Å². The second-order valence-corrected chi connectivity index (χ2v) is 12.3. The van der Waals surface area contributed by atoms with E-state index in [-0.39, 0.29) is 29.9 Å². The monoisotopic (exact) mass is 614 g/mol. The van der Waals surface area contributed by atoms with Crippen molar-refractivity contribution >= 4 is 29.4 Å². The number of unbranched alkanes of at least 4 members (excludes halogenated alkanes) is 2. The number of likely N-dealkylation sites (N-methyl/N-ethyl adjacent to an activating group) is 1. The fourth-order valence-electron chi connectivity index (χ4n) is 6.63. The Labute approximate surface area is 264 Å². The van der Waals surface area contributed by atoms with E-state index in [2.05, 4.69) is 23.7 Å². The van der Waals surface area contributed by atoms with Gasteiger partial charge in [0.25, 0.3) is 11.8 Å². The molecule has 0 spiro atoms. The van der Waals surface area contributed by atoms with Gasteiger partial charge in [0, 0.05) is 43.8 Å². The number of nitrogens with zero attached hydrogens (tertiary/aromatic N) is 4. The van der Waals surface area contributed by atoms with Crippen LogP contribution < -0.4 is 23.8 Å². The lowest BCUT2D eigenvalue weighted by Crippen LogP contribution is -2.44. The molecule has 0 N–H and O–H groups in total. The number of amides is 2. The van der Waals surface area contributed by atoms with E-state index < -0.39 is 0 Å². The number of benzene rings is 2. The van der Waals surface area contributed by atoms with Gasteiger partial charge in [-0.05, 0) is 65.0 Å². The molecule has 4 aliphatic heterocycles. The van der Waals surface area contributed by atoms with Crippen molar-refractivity contribution in [1.29, 1.82) is 0 Å². The lowest BCUT2D eigenvalue weighted by atomic mass is 10.0. The van der Waals surface area contributed by atoms with Crippen LogP contribution in [-0.2, 0) is 0 Å². The van der Waals surface area contributed by atoms with Gasteiger partial charge in [-0.2, -0.15) is 0 Å². The molecule has 6 rings (SSSR count). The Bertz CT molecular complexity index is 1600. The van der Waals surface area contributed by atoms with Crippen molar-refractivity contribution in [2.75, 3.05) is 39.4 Å². The average Bonchev–Trinajstić information content (AvgIpc) is 3.58. The molecule has 4 heterocycles. The Hall–Kier alpha value is -4.47. The van der Waals surface area contributed by atoms with E-state index in [1.165, 1.54) is 5.57 Å². The number of carbonyl (C=O) groups excluding carboxylic acids is 2. The van der Waals surface area contributed by atoms with Crippen molar-refractivity contribution in [2.24, 2.45) is 4.99 Å². The Kier molecular flexibility index (Phi) is 8.48. The first kappa shape index (κ1) is 30.6. The molecular weight excluding hydrogens is 572 g/mol. The van der Waals surface area contributed by atoms with E-state index in [1.807, 2.05) is 43.6 Å². The van der Waals surface area contributed by atoms with Gasteiger partial charge >= 0.3 is 0 Å². The van der Waals surface area contributed by atoms with Gasteiger partial charge < -0.3 is 33.6 Å².